The van der Waals surface area contributed by atoms with Gasteiger partial charge in [0.25, 0.3) is 5.91 Å². The summed E-state index contributed by atoms with van der Waals surface area (Å²) >= 11 is 0. The first kappa shape index (κ1) is 14.2. The van der Waals surface area contributed by atoms with E-state index in [4.69, 9.17) is 4.74 Å². The van der Waals surface area contributed by atoms with E-state index in [0.717, 1.165) is 11.9 Å². The summed E-state index contributed by atoms with van der Waals surface area (Å²) in [6.07, 6.45) is 2.79. The van der Waals surface area contributed by atoms with E-state index >= 15 is 0 Å². The van der Waals surface area contributed by atoms with E-state index in [9.17, 15) is 4.79 Å². The normalized spacial score (nSPS) is 10.6. The SMILES string of the molecule is COc1cccc(C(=O)NCCc2c[nH]c3ccccc23)c1. The van der Waals surface area contributed by atoms with Crippen LogP contribution in [0.3, 0.4) is 0 Å². The number of nitrogens with one attached hydrogen (secondary N) is 2. The van der Waals surface area contributed by atoms with E-state index in [-0.39, 0.29) is 5.91 Å². The van der Waals surface area contributed by atoms with Gasteiger partial charge in [0.2, 0.25) is 0 Å². The first-order valence-corrected chi connectivity index (χ1v) is 7.25. The third-order valence-electron chi connectivity index (χ3n) is 3.69. The Kier molecular flexibility index (Phi) is 4.10. The number of H-pyrrole nitrogens is 1. The molecule has 3 rings (SSSR count). The van der Waals surface area contributed by atoms with Gasteiger partial charge in [-0.2, -0.15) is 0 Å². The molecule has 0 saturated heterocycles. The van der Waals surface area contributed by atoms with Crippen LogP contribution in [0.4, 0.5) is 0 Å². The topological polar surface area (TPSA) is 54.1 Å². The fraction of sp³-hybridized carbons (Fsp3) is 0.167. The quantitative estimate of drug-likeness (QED) is 0.759. The lowest BCUT2D eigenvalue weighted by atomic mass is 10.1. The van der Waals surface area contributed by atoms with Crippen LogP contribution in [0.25, 0.3) is 10.9 Å². The summed E-state index contributed by atoms with van der Waals surface area (Å²) in [4.78, 5) is 15.4. The van der Waals surface area contributed by atoms with E-state index in [1.54, 1.807) is 19.2 Å². The second kappa shape index (κ2) is 6.35. The number of carbonyl (C=O) groups is 1. The number of hydrogen-bond acceptors (Lipinski definition) is 2. The van der Waals surface area contributed by atoms with Crippen molar-refractivity contribution in [2.45, 2.75) is 6.42 Å². The number of carbonyl (C=O) groups excluding carboxylic acids is 1. The van der Waals surface area contributed by atoms with Crippen LogP contribution < -0.4 is 10.1 Å². The number of benzene rings is 2. The van der Waals surface area contributed by atoms with E-state index in [2.05, 4.69) is 16.4 Å². The summed E-state index contributed by atoms with van der Waals surface area (Å²) in [5.74, 6) is 0.600. The van der Waals surface area contributed by atoms with Gasteiger partial charge in [0, 0.05) is 29.2 Å². The fourth-order valence-electron chi connectivity index (χ4n) is 2.52. The Balaban J connectivity index is 1.61. The van der Waals surface area contributed by atoms with Gasteiger partial charge < -0.3 is 15.0 Å². The molecule has 1 amide bonds. The maximum atomic E-state index is 12.1. The first-order chi connectivity index (χ1) is 10.8. The Hall–Kier alpha value is -2.75. The zero-order valence-corrected chi connectivity index (χ0v) is 12.4. The molecule has 0 aliphatic heterocycles. The largest absolute Gasteiger partial charge is 0.497 e. The first-order valence-electron chi connectivity index (χ1n) is 7.25. The van der Waals surface area contributed by atoms with Crippen molar-refractivity contribution in [2.24, 2.45) is 0 Å². The van der Waals surface area contributed by atoms with Gasteiger partial charge in [-0.25, -0.2) is 0 Å². The third-order valence-corrected chi connectivity index (χ3v) is 3.69. The van der Waals surface area contributed by atoms with Crippen LogP contribution in [0.2, 0.25) is 0 Å². The molecule has 4 heteroatoms. The van der Waals surface area contributed by atoms with Crippen molar-refractivity contribution >= 4 is 16.8 Å². The van der Waals surface area contributed by atoms with E-state index in [1.165, 1.54) is 10.9 Å². The Bertz CT molecular complexity index is 792. The molecular weight excluding hydrogens is 276 g/mol. The average molecular weight is 294 g/mol. The lowest BCUT2D eigenvalue weighted by molar-refractivity contribution is 0.0954. The number of ether oxygens (including phenoxy) is 1. The minimum Gasteiger partial charge on any atom is -0.497 e. The molecule has 0 saturated carbocycles. The number of methoxy groups -OCH3 is 1. The molecule has 0 aliphatic carbocycles. The fourth-order valence-corrected chi connectivity index (χ4v) is 2.52. The summed E-state index contributed by atoms with van der Waals surface area (Å²) in [6.45, 7) is 0.595. The summed E-state index contributed by atoms with van der Waals surface area (Å²) in [5, 5.41) is 4.15. The van der Waals surface area contributed by atoms with Crippen LogP contribution >= 0.6 is 0 Å². The molecule has 3 aromatic rings. The lowest BCUT2D eigenvalue weighted by Gasteiger charge is -2.06. The average Bonchev–Trinajstić information content (AvgIpc) is 2.98. The highest BCUT2D eigenvalue weighted by atomic mass is 16.5. The molecular formula is C18H18N2O2. The van der Waals surface area contributed by atoms with Gasteiger partial charge >= 0.3 is 0 Å². The van der Waals surface area contributed by atoms with Gasteiger partial charge in [0.1, 0.15) is 5.75 Å². The molecule has 4 nitrogen and oxygen atoms in total. The smallest absolute Gasteiger partial charge is 0.251 e. The van der Waals surface area contributed by atoms with Gasteiger partial charge in [-0.15, -0.1) is 0 Å². The van der Waals surface area contributed by atoms with Crippen LogP contribution in [-0.4, -0.2) is 24.5 Å². The zero-order chi connectivity index (χ0) is 15.4. The maximum Gasteiger partial charge on any atom is 0.251 e. The monoisotopic (exact) mass is 294 g/mol. The Morgan fingerprint density at radius 3 is 2.91 bits per heavy atom. The predicted octanol–water partition coefficient (Wildman–Crippen LogP) is 3.15. The van der Waals surface area contributed by atoms with Crippen molar-refractivity contribution in [1.29, 1.82) is 0 Å². The number of aromatic nitrogens is 1. The highest BCUT2D eigenvalue weighted by Crippen LogP contribution is 2.18. The van der Waals surface area contributed by atoms with Crippen molar-refractivity contribution in [2.75, 3.05) is 13.7 Å². The van der Waals surface area contributed by atoms with Crippen molar-refractivity contribution in [3.8, 4) is 5.75 Å². The molecule has 1 heterocycles. The Morgan fingerprint density at radius 1 is 1.18 bits per heavy atom. The standard InChI is InChI=1S/C18H18N2O2/c1-22-15-6-4-5-13(11-15)18(21)19-10-9-14-12-20-17-8-3-2-7-16(14)17/h2-8,11-12,20H,9-10H2,1H3,(H,19,21). The van der Waals surface area contributed by atoms with Gasteiger partial charge in [0.05, 0.1) is 7.11 Å². The van der Waals surface area contributed by atoms with Crippen LogP contribution in [0.1, 0.15) is 15.9 Å². The van der Waals surface area contributed by atoms with Crippen molar-refractivity contribution in [1.82, 2.24) is 10.3 Å². The molecule has 0 unspecified atom stereocenters. The summed E-state index contributed by atoms with van der Waals surface area (Å²) in [6, 6.07) is 15.3. The van der Waals surface area contributed by atoms with Gasteiger partial charge in [-0.3, -0.25) is 4.79 Å². The summed E-state index contributed by atoms with van der Waals surface area (Å²) in [7, 11) is 1.59. The number of rotatable bonds is 5. The number of aromatic amines is 1. The zero-order valence-electron chi connectivity index (χ0n) is 12.4. The van der Waals surface area contributed by atoms with Crippen molar-refractivity contribution < 1.29 is 9.53 Å². The highest BCUT2D eigenvalue weighted by Gasteiger charge is 2.07. The van der Waals surface area contributed by atoms with Crippen LogP contribution in [0.15, 0.2) is 54.7 Å². The number of hydrogen-bond donors (Lipinski definition) is 2. The molecule has 0 atom stereocenters. The van der Waals surface area contributed by atoms with Gasteiger partial charge in [-0.1, -0.05) is 24.3 Å². The molecule has 1 aromatic heterocycles. The molecule has 2 N–H and O–H groups in total. The van der Waals surface area contributed by atoms with Crippen LogP contribution in [-0.2, 0) is 6.42 Å². The highest BCUT2D eigenvalue weighted by molar-refractivity contribution is 5.94. The van der Waals surface area contributed by atoms with E-state index in [1.807, 2.05) is 36.5 Å². The van der Waals surface area contributed by atoms with Crippen LogP contribution in [0, 0.1) is 0 Å². The Labute approximate surface area is 129 Å². The molecule has 22 heavy (non-hydrogen) atoms. The molecule has 0 radical (unpaired) electrons. The summed E-state index contributed by atoms with van der Waals surface area (Å²) < 4.78 is 5.13. The molecule has 0 aliphatic rings. The number of fused-ring (bicyclic) bond motifs is 1. The van der Waals surface area contributed by atoms with E-state index < -0.39 is 0 Å². The van der Waals surface area contributed by atoms with Crippen molar-refractivity contribution in [3.63, 3.8) is 0 Å². The minimum atomic E-state index is -0.0845. The maximum absolute atomic E-state index is 12.1. The summed E-state index contributed by atoms with van der Waals surface area (Å²) in [5.41, 5.74) is 2.94. The molecule has 0 fully saturated rings. The van der Waals surface area contributed by atoms with Gasteiger partial charge in [-0.05, 0) is 36.2 Å². The second-order valence-corrected chi connectivity index (χ2v) is 5.10. The predicted molar refractivity (Wildman–Crippen MR) is 87.3 cm³/mol. The van der Waals surface area contributed by atoms with Gasteiger partial charge in [0.15, 0.2) is 0 Å². The minimum absolute atomic E-state index is 0.0845. The molecule has 112 valence electrons. The molecule has 2 aromatic carbocycles. The second-order valence-electron chi connectivity index (χ2n) is 5.10. The lowest BCUT2D eigenvalue weighted by Crippen LogP contribution is -2.25. The number of para-hydroxylation sites is 1. The van der Waals surface area contributed by atoms with E-state index in [0.29, 0.717) is 17.9 Å². The molecule has 0 bridgehead atoms. The molecule has 0 spiro atoms. The van der Waals surface area contributed by atoms with Crippen molar-refractivity contribution in [3.05, 3.63) is 65.9 Å². The third kappa shape index (κ3) is 2.96. The number of amides is 1. The Morgan fingerprint density at radius 2 is 2.05 bits per heavy atom. The van der Waals surface area contributed by atoms with Crippen LogP contribution in [0.5, 0.6) is 5.75 Å².